The van der Waals surface area contributed by atoms with E-state index >= 15 is 0 Å². The fraction of sp³-hybridized carbons (Fsp3) is 0.222. The zero-order valence-electron chi connectivity index (χ0n) is 14.3. The van der Waals surface area contributed by atoms with Gasteiger partial charge in [-0.1, -0.05) is 6.07 Å². The van der Waals surface area contributed by atoms with Gasteiger partial charge >= 0.3 is 0 Å². The Kier molecular flexibility index (Phi) is 6.62. The third kappa shape index (κ3) is 5.25. The summed E-state index contributed by atoms with van der Waals surface area (Å²) < 4.78 is 36.5. The predicted octanol–water partition coefficient (Wildman–Crippen LogP) is 2.74. The molecule has 0 saturated heterocycles. The number of benzene rings is 2. The molecule has 6 nitrogen and oxygen atoms in total. The summed E-state index contributed by atoms with van der Waals surface area (Å²) in [5, 5.41) is 5.18. The molecular weight excluding hydrogens is 346 g/mol. The Hall–Kier alpha value is -3.00. The molecule has 0 saturated carbocycles. The molecular formula is C18H18F2N2O4. The molecule has 0 atom stereocenters. The summed E-state index contributed by atoms with van der Waals surface area (Å²) >= 11 is 0. The van der Waals surface area contributed by atoms with Gasteiger partial charge in [0.2, 0.25) is 11.8 Å². The van der Waals surface area contributed by atoms with Gasteiger partial charge in [0.1, 0.15) is 24.0 Å². The minimum absolute atomic E-state index is 0.0526. The maximum Gasteiger partial charge on any atom is 0.250 e. The number of nitrogens with one attached hydrogen (secondary N) is 2. The van der Waals surface area contributed by atoms with Crippen LogP contribution in [-0.4, -0.2) is 32.6 Å². The van der Waals surface area contributed by atoms with Crippen molar-refractivity contribution in [3.05, 3.63) is 53.6 Å². The first-order valence-electron chi connectivity index (χ1n) is 7.63. The van der Waals surface area contributed by atoms with Crippen molar-refractivity contribution in [2.75, 3.05) is 31.5 Å². The molecule has 0 spiro atoms. The highest BCUT2D eigenvalue weighted by Crippen LogP contribution is 2.27. The quantitative estimate of drug-likeness (QED) is 0.792. The molecule has 138 valence electrons. The standard InChI is InChI=1S/C18H18F2N2O4/c1-25-10-18(24)21-15-6-5-13(26-2)9-16(15)22-17(23)7-11-3-4-12(19)8-14(11)20/h3-6,8-9H,7,10H2,1-2H3,(H,21,24)(H,22,23). The fourth-order valence-corrected chi connectivity index (χ4v) is 2.21. The van der Waals surface area contributed by atoms with Gasteiger partial charge in [0.15, 0.2) is 0 Å². The van der Waals surface area contributed by atoms with Crippen LogP contribution in [0.4, 0.5) is 20.2 Å². The number of hydrogen-bond donors (Lipinski definition) is 2. The van der Waals surface area contributed by atoms with E-state index in [0.29, 0.717) is 17.5 Å². The molecule has 8 heteroatoms. The van der Waals surface area contributed by atoms with Gasteiger partial charge in [-0.3, -0.25) is 9.59 Å². The highest BCUT2D eigenvalue weighted by atomic mass is 19.1. The highest BCUT2D eigenvalue weighted by molar-refractivity contribution is 6.00. The Balaban J connectivity index is 2.17. The third-order valence-corrected chi connectivity index (χ3v) is 3.42. The SMILES string of the molecule is COCC(=O)Nc1ccc(OC)cc1NC(=O)Cc1ccc(F)cc1F. The number of amides is 2. The van der Waals surface area contributed by atoms with Crippen LogP contribution in [0.2, 0.25) is 0 Å². The lowest BCUT2D eigenvalue weighted by atomic mass is 10.1. The zero-order valence-corrected chi connectivity index (χ0v) is 14.3. The van der Waals surface area contributed by atoms with Crippen molar-refractivity contribution in [3.63, 3.8) is 0 Å². The number of ether oxygens (including phenoxy) is 2. The molecule has 0 bridgehead atoms. The van der Waals surface area contributed by atoms with E-state index in [1.165, 1.54) is 26.4 Å². The van der Waals surface area contributed by atoms with Crippen LogP contribution < -0.4 is 15.4 Å². The summed E-state index contributed by atoms with van der Waals surface area (Å²) in [6, 6.07) is 7.68. The van der Waals surface area contributed by atoms with Crippen LogP contribution in [0.15, 0.2) is 36.4 Å². The molecule has 2 aromatic carbocycles. The van der Waals surface area contributed by atoms with Crippen molar-refractivity contribution in [2.45, 2.75) is 6.42 Å². The van der Waals surface area contributed by atoms with E-state index < -0.39 is 23.4 Å². The predicted molar refractivity (Wildman–Crippen MR) is 92.2 cm³/mol. The lowest BCUT2D eigenvalue weighted by Gasteiger charge is -2.14. The Labute approximate surface area is 149 Å². The van der Waals surface area contributed by atoms with Crippen LogP contribution in [0, 0.1) is 11.6 Å². The van der Waals surface area contributed by atoms with Crippen molar-refractivity contribution in [1.82, 2.24) is 0 Å². The molecule has 0 radical (unpaired) electrons. The van der Waals surface area contributed by atoms with Gasteiger partial charge in [0, 0.05) is 19.2 Å². The van der Waals surface area contributed by atoms with Crippen molar-refractivity contribution in [1.29, 1.82) is 0 Å². The second kappa shape index (κ2) is 8.91. The highest BCUT2D eigenvalue weighted by Gasteiger charge is 2.13. The van der Waals surface area contributed by atoms with E-state index in [2.05, 4.69) is 10.6 Å². The number of halogens is 2. The molecule has 2 N–H and O–H groups in total. The topological polar surface area (TPSA) is 76.7 Å². The molecule has 0 aliphatic carbocycles. The van der Waals surface area contributed by atoms with Crippen LogP contribution in [0.5, 0.6) is 5.75 Å². The second-order valence-corrected chi connectivity index (χ2v) is 5.35. The van der Waals surface area contributed by atoms with Crippen LogP contribution in [0.25, 0.3) is 0 Å². The van der Waals surface area contributed by atoms with Gasteiger partial charge in [-0.25, -0.2) is 8.78 Å². The monoisotopic (exact) mass is 364 g/mol. The molecule has 2 rings (SSSR count). The molecule has 0 aliphatic rings. The number of carbonyl (C=O) groups excluding carboxylic acids is 2. The first kappa shape index (κ1) is 19.3. The first-order valence-corrected chi connectivity index (χ1v) is 7.63. The van der Waals surface area contributed by atoms with E-state index in [4.69, 9.17) is 9.47 Å². The van der Waals surface area contributed by atoms with E-state index in [-0.39, 0.29) is 24.3 Å². The maximum absolute atomic E-state index is 13.7. The molecule has 0 unspecified atom stereocenters. The number of methoxy groups -OCH3 is 2. The van der Waals surface area contributed by atoms with E-state index in [9.17, 15) is 18.4 Å². The van der Waals surface area contributed by atoms with Gasteiger partial charge in [0.25, 0.3) is 0 Å². The molecule has 0 aliphatic heterocycles. The average Bonchev–Trinajstić information content (AvgIpc) is 2.59. The van der Waals surface area contributed by atoms with E-state index in [1.807, 2.05) is 0 Å². The zero-order chi connectivity index (χ0) is 19.1. The largest absolute Gasteiger partial charge is 0.497 e. The van der Waals surface area contributed by atoms with Crippen LogP contribution in [0.1, 0.15) is 5.56 Å². The number of hydrogen-bond acceptors (Lipinski definition) is 4. The molecule has 0 heterocycles. The molecule has 0 fully saturated rings. The fourth-order valence-electron chi connectivity index (χ4n) is 2.21. The number of anilines is 2. The van der Waals surface area contributed by atoms with Gasteiger partial charge in [0.05, 0.1) is 24.9 Å². The van der Waals surface area contributed by atoms with Crippen molar-refractivity contribution >= 4 is 23.2 Å². The Morgan fingerprint density at radius 1 is 0.962 bits per heavy atom. The minimum Gasteiger partial charge on any atom is -0.497 e. The molecule has 2 amide bonds. The number of rotatable bonds is 7. The molecule has 2 aromatic rings. The average molecular weight is 364 g/mol. The molecule has 0 aromatic heterocycles. The van der Waals surface area contributed by atoms with E-state index in [1.54, 1.807) is 12.1 Å². The molecule has 26 heavy (non-hydrogen) atoms. The van der Waals surface area contributed by atoms with E-state index in [0.717, 1.165) is 6.07 Å². The summed E-state index contributed by atoms with van der Waals surface area (Å²) in [5.41, 5.74) is 0.666. The second-order valence-electron chi connectivity index (χ2n) is 5.35. The lowest BCUT2D eigenvalue weighted by Crippen LogP contribution is -2.20. The Bertz CT molecular complexity index is 812. The summed E-state index contributed by atoms with van der Waals surface area (Å²) in [6.45, 7) is -0.153. The normalized spacial score (nSPS) is 10.3. The van der Waals surface area contributed by atoms with Crippen molar-refractivity contribution in [3.8, 4) is 5.75 Å². The minimum atomic E-state index is -0.806. The van der Waals surface area contributed by atoms with Gasteiger partial charge in [-0.05, 0) is 23.8 Å². The first-order chi connectivity index (χ1) is 12.4. The third-order valence-electron chi connectivity index (χ3n) is 3.42. The number of carbonyl (C=O) groups is 2. The summed E-state index contributed by atoms with van der Waals surface area (Å²) in [7, 11) is 2.84. The lowest BCUT2D eigenvalue weighted by molar-refractivity contribution is -0.119. The summed E-state index contributed by atoms with van der Waals surface area (Å²) in [4.78, 5) is 23.9. The summed E-state index contributed by atoms with van der Waals surface area (Å²) in [5.74, 6) is -2.01. The van der Waals surface area contributed by atoms with Crippen molar-refractivity contribution < 1.29 is 27.8 Å². The van der Waals surface area contributed by atoms with Gasteiger partial charge < -0.3 is 20.1 Å². The van der Waals surface area contributed by atoms with Gasteiger partial charge in [-0.2, -0.15) is 0 Å². The van der Waals surface area contributed by atoms with Crippen LogP contribution in [-0.2, 0) is 20.7 Å². The Morgan fingerprint density at radius 3 is 2.35 bits per heavy atom. The van der Waals surface area contributed by atoms with Gasteiger partial charge in [-0.15, -0.1) is 0 Å². The van der Waals surface area contributed by atoms with Crippen molar-refractivity contribution in [2.24, 2.45) is 0 Å². The van der Waals surface area contributed by atoms with Crippen LogP contribution in [0.3, 0.4) is 0 Å². The summed E-state index contributed by atoms with van der Waals surface area (Å²) in [6.07, 6.45) is -0.297. The smallest absolute Gasteiger partial charge is 0.250 e. The van der Waals surface area contributed by atoms with Crippen LogP contribution >= 0.6 is 0 Å². The maximum atomic E-state index is 13.7. The Morgan fingerprint density at radius 2 is 1.69 bits per heavy atom.